The maximum absolute atomic E-state index is 12.5. The summed E-state index contributed by atoms with van der Waals surface area (Å²) in [5.74, 6) is 0.0801. The van der Waals surface area contributed by atoms with Gasteiger partial charge in [0.2, 0.25) is 5.52 Å². The Kier molecular flexibility index (Phi) is 5.69. The third kappa shape index (κ3) is 4.36. The van der Waals surface area contributed by atoms with Crippen LogP contribution in [-0.4, -0.2) is 38.6 Å². The zero-order chi connectivity index (χ0) is 20.4. The van der Waals surface area contributed by atoms with E-state index in [4.69, 9.17) is 11.6 Å². The topological polar surface area (TPSA) is 50.9 Å². The molecular formula is C23H27ClN4O+2. The first kappa shape index (κ1) is 19.7. The minimum atomic E-state index is 0.0801. The SMILES string of the molecule is Cc1cccc(NC(=O)C[NH+]2CCN(c3cc[nH+]c4cc(Cl)ccc34)CC2)c1C. The second-order valence-electron chi connectivity index (χ2n) is 7.76. The normalized spacial score (nSPS) is 14.9. The predicted octanol–water partition coefficient (Wildman–Crippen LogP) is 2.27. The summed E-state index contributed by atoms with van der Waals surface area (Å²) in [6.07, 6.45) is 1.96. The van der Waals surface area contributed by atoms with Gasteiger partial charge in [-0.3, -0.25) is 4.79 Å². The van der Waals surface area contributed by atoms with Gasteiger partial charge < -0.3 is 15.1 Å². The summed E-state index contributed by atoms with van der Waals surface area (Å²) in [5.41, 5.74) is 5.50. The average Bonchev–Trinajstić information content (AvgIpc) is 2.71. The Morgan fingerprint density at radius 2 is 1.97 bits per heavy atom. The zero-order valence-corrected chi connectivity index (χ0v) is 17.6. The molecule has 6 heteroatoms. The van der Waals surface area contributed by atoms with Crippen LogP contribution in [0, 0.1) is 13.8 Å². The van der Waals surface area contributed by atoms with E-state index in [-0.39, 0.29) is 5.91 Å². The standard InChI is InChI=1S/C23H25ClN4O/c1-16-4-3-5-20(17(16)2)26-23(29)15-27-10-12-28(13-11-27)22-8-9-25-21-14-18(24)6-7-19(21)22/h3-9,14H,10-13,15H2,1-2H3,(H,26,29)/p+2. The molecular weight excluding hydrogens is 384 g/mol. The average molecular weight is 411 g/mol. The van der Waals surface area contributed by atoms with Crippen molar-refractivity contribution >= 4 is 39.8 Å². The zero-order valence-electron chi connectivity index (χ0n) is 16.9. The number of aromatic nitrogens is 1. The highest BCUT2D eigenvalue weighted by Crippen LogP contribution is 2.26. The van der Waals surface area contributed by atoms with Crippen LogP contribution in [-0.2, 0) is 4.79 Å². The number of aromatic amines is 1. The highest BCUT2D eigenvalue weighted by atomic mass is 35.5. The highest BCUT2D eigenvalue weighted by Gasteiger charge is 2.24. The van der Waals surface area contributed by atoms with Crippen LogP contribution in [0.25, 0.3) is 10.9 Å². The Hall–Kier alpha value is -2.63. The smallest absolute Gasteiger partial charge is 0.279 e. The van der Waals surface area contributed by atoms with E-state index in [0.29, 0.717) is 6.54 Å². The van der Waals surface area contributed by atoms with Crippen molar-refractivity contribution in [3.05, 3.63) is 64.8 Å². The van der Waals surface area contributed by atoms with Gasteiger partial charge >= 0.3 is 0 Å². The van der Waals surface area contributed by atoms with E-state index in [0.717, 1.165) is 48.0 Å². The van der Waals surface area contributed by atoms with Crippen LogP contribution in [0.2, 0.25) is 5.02 Å². The van der Waals surface area contributed by atoms with Gasteiger partial charge in [0.1, 0.15) is 0 Å². The number of halogens is 1. The van der Waals surface area contributed by atoms with Crippen LogP contribution in [0.15, 0.2) is 48.7 Å². The number of rotatable bonds is 4. The predicted molar refractivity (Wildman–Crippen MR) is 118 cm³/mol. The molecule has 150 valence electrons. The number of fused-ring (bicyclic) bond motifs is 1. The summed E-state index contributed by atoms with van der Waals surface area (Å²) < 4.78 is 0. The maximum Gasteiger partial charge on any atom is 0.279 e. The number of benzene rings is 2. The molecule has 0 unspecified atom stereocenters. The van der Waals surface area contributed by atoms with E-state index in [1.54, 1.807) is 0 Å². The number of amides is 1. The van der Waals surface area contributed by atoms with Crippen LogP contribution in [0.4, 0.5) is 11.4 Å². The molecule has 1 aliphatic heterocycles. The van der Waals surface area contributed by atoms with E-state index >= 15 is 0 Å². The molecule has 3 aromatic rings. The minimum absolute atomic E-state index is 0.0801. The Labute approximate surface area is 176 Å². The van der Waals surface area contributed by atoms with E-state index < -0.39 is 0 Å². The van der Waals surface area contributed by atoms with Crippen molar-refractivity contribution in [1.29, 1.82) is 0 Å². The molecule has 0 spiro atoms. The van der Waals surface area contributed by atoms with Gasteiger partial charge in [0.05, 0.1) is 37.3 Å². The van der Waals surface area contributed by atoms with Crippen molar-refractivity contribution < 1.29 is 14.7 Å². The molecule has 3 N–H and O–H groups in total. The van der Waals surface area contributed by atoms with E-state index in [9.17, 15) is 4.79 Å². The van der Waals surface area contributed by atoms with E-state index in [1.807, 2.05) is 37.4 Å². The van der Waals surface area contributed by atoms with Gasteiger partial charge in [-0.05, 0) is 43.2 Å². The summed E-state index contributed by atoms with van der Waals surface area (Å²) >= 11 is 6.13. The molecule has 4 rings (SSSR count). The van der Waals surface area contributed by atoms with Crippen LogP contribution in [0.3, 0.4) is 0 Å². The number of hydrogen-bond donors (Lipinski definition) is 2. The number of H-pyrrole nitrogens is 1. The molecule has 1 aliphatic rings. The number of aryl methyl sites for hydroxylation is 1. The molecule has 1 fully saturated rings. The van der Waals surface area contributed by atoms with Gasteiger partial charge in [-0.25, -0.2) is 4.98 Å². The summed E-state index contributed by atoms with van der Waals surface area (Å²) in [5, 5.41) is 4.99. The lowest BCUT2D eigenvalue weighted by molar-refractivity contribution is -0.892. The number of pyridine rings is 1. The molecule has 0 bridgehead atoms. The summed E-state index contributed by atoms with van der Waals surface area (Å²) in [7, 11) is 0. The molecule has 0 radical (unpaired) electrons. The molecule has 5 nitrogen and oxygen atoms in total. The third-order valence-corrected chi connectivity index (χ3v) is 6.07. The number of nitrogens with zero attached hydrogens (tertiary/aromatic N) is 1. The van der Waals surface area contributed by atoms with Crippen molar-refractivity contribution in [2.75, 3.05) is 42.9 Å². The van der Waals surface area contributed by atoms with Gasteiger partial charge in [-0.15, -0.1) is 0 Å². The molecule has 1 aromatic heterocycles. The number of carbonyl (C=O) groups excluding carboxylic acids is 1. The number of quaternary nitrogens is 1. The lowest BCUT2D eigenvalue weighted by atomic mass is 10.1. The second-order valence-corrected chi connectivity index (χ2v) is 8.20. The molecule has 0 saturated carbocycles. The third-order valence-electron chi connectivity index (χ3n) is 5.84. The highest BCUT2D eigenvalue weighted by molar-refractivity contribution is 6.31. The first-order chi connectivity index (χ1) is 14.0. The number of hydrogen-bond acceptors (Lipinski definition) is 2. The Morgan fingerprint density at radius 3 is 2.76 bits per heavy atom. The fourth-order valence-electron chi connectivity index (χ4n) is 3.98. The van der Waals surface area contributed by atoms with Crippen LogP contribution in [0.5, 0.6) is 0 Å². The van der Waals surface area contributed by atoms with Gasteiger partial charge in [0.25, 0.3) is 5.91 Å². The van der Waals surface area contributed by atoms with E-state index in [1.165, 1.54) is 21.5 Å². The lowest BCUT2D eigenvalue weighted by Gasteiger charge is -2.33. The maximum atomic E-state index is 12.5. The number of anilines is 2. The first-order valence-corrected chi connectivity index (χ1v) is 10.4. The minimum Gasteiger partial charge on any atom is -0.359 e. The largest absolute Gasteiger partial charge is 0.359 e. The molecule has 0 aliphatic carbocycles. The Balaban J connectivity index is 1.37. The van der Waals surface area contributed by atoms with Crippen molar-refractivity contribution in [2.45, 2.75) is 13.8 Å². The number of carbonyl (C=O) groups is 1. The van der Waals surface area contributed by atoms with Crippen molar-refractivity contribution in [3.8, 4) is 0 Å². The monoisotopic (exact) mass is 410 g/mol. The van der Waals surface area contributed by atoms with Crippen molar-refractivity contribution in [3.63, 3.8) is 0 Å². The lowest BCUT2D eigenvalue weighted by Crippen LogP contribution is -3.15. The molecule has 29 heavy (non-hydrogen) atoms. The van der Waals surface area contributed by atoms with Crippen LogP contribution < -0.4 is 20.1 Å². The van der Waals surface area contributed by atoms with Crippen molar-refractivity contribution in [2.24, 2.45) is 0 Å². The van der Waals surface area contributed by atoms with Gasteiger partial charge in [-0.1, -0.05) is 23.7 Å². The summed E-state index contributed by atoms with van der Waals surface area (Å²) in [4.78, 5) is 19.5. The molecule has 2 aromatic carbocycles. The quantitative estimate of drug-likeness (QED) is 0.693. The first-order valence-electron chi connectivity index (χ1n) is 10.1. The van der Waals surface area contributed by atoms with Crippen LogP contribution >= 0.6 is 11.6 Å². The van der Waals surface area contributed by atoms with E-state index in [2.05, 4.69) is 40.3 Å². The van der Waals surface area contributed by atoms with Crippen LogP contribution in [0.1, 0.15) is 11.1 Å². The van der Waals surface area contributed by atoms with Gasteiger partial charge in [0, 0.05) is 22.8 Å². The Bertz CT molecular complexity index is 1040. The fourth-order valence-corrected chi connectivity index (χ4v) is 4.16. The molecule has 0 atom stereocenters. The second kappa shape index (κ2) is 8.39. The number of piperazine rings is 1. The van der Waals surface area contributed by atoms with Gasteiger partial charge in [0.15, 0.2) is 12.7 Å². The fraction of sp³-hybridized carbons (Fsp3) is 0.304. The molecule has 1 saturated heterocycles. The molecule has 2 heterocycles. The summed E-state index contributed by atoms with van der Waals surface area (Å²) in [6.45, 7) is 8.34. The Morgan fingerprint density at radius 1 is 1.17 bits per heavy atom. The van der Waals surface area contributed by atoms with Gasteiger partial charge in [-0.2, -0.15) is 0 Å². The molecule has 1 amide bonds. The van der Waals surface area contributed by atoms with Crippen molar-refractivity contribution in [1.82, 2.24) is 0 Å². The summed E-state index contributed by atoms with van der Waals surface area (Å²) in [6, 6.07) is 14.1. The number of nitrogens with one attached hydrogen (secondary N) is 3.